The number of nitrogens with zero attached hydrogens (tertiary/aromatic N) is 2. The first kappa shape index (κ1) is 21.0. The van der Waals surface area contributed by atoms with E-state index in [2.05, 4.69) is 16.7 Å². The van der Waals surface area contributed by atoms with Gasteiger partial charge in [-0.15, -0.1) is 0 Å². The van der Waals surface area contributed by atoms with Gasteiger partial charge in [0, 0.05) is 47.9 Å². The van der Waals surface area contributed by atoms with E-state index in [1.54, 1.807) is 0 Å². The minimum Gasteiger partial charge on any atom is -0.493 e. The normalized spacial score (nSPS) is 15.9. The Hall–Kier alpha value is -2.89. The molecule has 6 heteroatoms. The Morgan fingerprint density at radius 3 is 2.56 bits per heavy atom. The van der Waals surface area contributed by atoms with Crippen molar-refractivity contribution in [3.8, 4) is 5.75 Å². The number of hydrogen-bond donors (Lipinski definition) is 0. The van der Waals surface area contributed by atoms with E-state index >= 15 is 0 Å². The summed E-state index contributed by atoms with van der Waals surface area (Å²) in [4.78, 5) is 14.9. The Balaban J connectivity index is 1.35. The lowest BCUT2D eigenvalue weighted by Crippen LogP contribution is -2.27. The molecule has 1 saturated heterocycles. The Morgan fingerprint density at radius 2 is 1.75 bits per heavy atom. The summed E-state index contributed by atoms with van der Waals surface area (Å²) < 4.78 is 34.5. The van der Waals surface area contributed by atoms with E-state index in [0.29, 0.717) is 12.4 Å². The molecule has 1 fully saturated rings. The van der Waals surface area contributed by atoms with Crippen molar-refractivity contribution in [1.82, 2.24) is 9.47 Å². The van der Waals surface area contributed by atoms with Crippen molar-refractivity contribution in [2.45, 2.75) is 51.5 Å². The third kappa shape index (κ3) is 3.98. The SMILES string of the molecule is O=C(c1ccc2c(c1)c1c(n2CCCOc2ccc(F)c(F)c2)CCCC1)N1CCCC1. The van der Waals surface area contributed by atoms with Crippen molar-refractivity contribution in [2.24, 2.45) is 0 Å². The zero-order valence-electron chi connectivity index (χ0n) is 18.2. The molecule has 4 nitrogen and oxygen atoms in total. The monoisotopic (exact) mass is 438 g/mol. The quantitative estimate of drug-likeness (QED) is 0.476. The van der Waals surface area contributed by atoms with Crippen molar-refractivity contribution < 1.29 is 18.3 Å². The third-order valence-electron chi connectivity index (χ3n) is 6.70. The molecule has 32 heavy (non-hydrogen) atoms. The van der Waals surface area contributed by atoms with Crippen molar-refractivity contribution in [3.63, 3.8) is 0 Å². The summed E-state index contributed by atoms with van der Waals surface area (Å²) in [6, 6.07) is 9.76. The van der Waals surface area contributed by atoms with Crippen LogP contribution in [0, 0.1) is 11.6 Å². The first-order chi connectivity index (χ1) is 15.6. The minimum absolute atomic E-state index is 0.140. The maximum atomic E-state index is 13.4. The number of aromatic nitrogens is 1. The number of carbonyl (C=O) groups excluding carboxylic acids is 1. The van der Waals surface area contributed by atoms with Crippen LogP contribution in [0.25, 0.3) is 10.9 Å². The fourth-order valence-corrected chi connectivity index (χ4v) is 5.11. The number of amides is 1. The van der Waals surface area contributed by atoms with Crippen LogP contribution in [0.3, 0.4) is 0 Å². The number of likely N-dealkylation sites (tertiary alicyclic amines) is 1. The highest BCUT2D eigenvalue weighted by Gasteiger charge is 2.23. The number of aryl methyl sites for hydroxylation is 2. The zero-order chi connectivity index (χ0) is 22.1. The predicted octanol–water partition coefficient (Wildman–Crippen LogP) is 5.50. The molecule has 0 spiro atoms. The van der Waals surface area contributed by atoms with E-state index in [9.17, 15) is 13.6 Å². The number of rotatable bonds is 6. The first-order valence-electron chi connectivity index (χ1n) is 11.6. The molecule has 0 saturated carbocycles. The summed E-state index contributed by atoms with van der Waals surface area (Å²) >= 11 is 0. The van der Waals surface area contributed by atoms with Crippen molar-refractivity contribution in [3.05, 3.63) is 64.9 Å². The number of halogens is 2. The molecule has 1 aliphatic heterocycles. The largest absolute Gasteiger partial charge is 0.493 e. The molecule has 2 aromatic carbocycles. The highest BCUT2D eigenvalue weighted by Crippen LogP contribution is 2.33. The maximum absolute atomic E-state index is 13.4. The van der Waals surface area contributed by atoms with Crippen LogP contribution < -0.4 is 4.74 Å². The molecule has 3 aromatic rings. The molecule has 0 atom stereocenters. The molecule has 2 heterocycles. The Kier molecular flexibility index (Phi) is 5.85. The summed E-state index contributed by atoms with van der Waals surface area (Å²) in [5.41, 5.74) is 4.70. The standard InChI is InChI=1S/C26H28F2N2O2/c27-22-10-9-19(17-23(22)28)32-15-5-14-30-24-7-2-1-6-20(24)21-16-18(8-11-25(21)30)26(31)29-12-3-4-13-29/h8-11,16-17H,1-7,12-15H2. The van der Waals surface area contributed by atoms with Crippen LogP contribution in [0.4, 0.5) is 8.78 Å². The van der Waals surface area contributed by atoms with Crippen LogP contribution in [0.1, 0.15) is 53.7 Å². The number of hydrogen-bond acceptors (Lipinski definition) is 2. The molecule has 1 aliphatic carbocycles. The second-order valence-corrected chi connectivity index (χ2v) is 8.79. The topological polar surface area (TPSA) is 34.5 Å². The number of ether oxygens (including phenoxy) is 1. The van der Waals surface area contributed by atoms with Crippen LogP contribution >= 0.6 is 0 Å². The molecular formula is C26H28F2N2O2. The van der Waals surface area contributed by atoms with Crippen molar-refractivity contribution in [1.29, 1.82) is 0 Å². The van der Waals surface area contributed by atoms with E-state index in [4.69, 9.17) is 4.74 Å². The summed E-state index contributed by atoms with van der Waals surface area (Å²) in [6.45, 7) is 2.92. The van der Waals surface area contributed by atoms with Gasteiger partial charge < -0.3 is 14.2 Å². The van der Waals surface area contributed by atoms with E-state index in [0.717, 1.165) is 69.4 Å². The fourth-order valence-electron chi connectivity index (χ4n) is 5.11. The average molecular weight is 439 g/mol. The lowest BCUT2D eigenvalue weighted by molar-refractivity contribution is 0.0793. The molecule has 1 amide bonds. The lowest BCUT2D eigenvalue weighted by atomic mass is 9.95. The van der Waals surface area contributed by atoms with Gasteiger partial charge in [-0.2, -0.15) is 0 Å². The van der Waals surface area contributed by atoms with Gasteiger partial charge in [0.15, 0.2) is 11.6 Å². The fraction of sp³-hybridized carbons (Fsp3) is 0.423. The molecule has 5 rings (SSSR count). The third-order valence-corrected chi connectivity index (χ3v) is 6.70. The van der Waals surface area contributed by atoms with Gasteiger partial charge in [0.1, 0.15) is 5.75 Å². The molecule has 0 unspecified atom stereocenters. The second kappa shape index (κ2) is 8.93. The van der Waals surface area contributed by atoms with E-state index in [-0.39, 0.29) is 5.91 Å². The Bertz CT molecular complexity index is 1150. The van der Waals surface area contributed by atoms with Crippen LogP contribution in [-0.2, 0) is 19.4 Å². The highest BCUT2D eigenvalue weighted by molar-refractivity contribution is 5.99. The molecule has 0 N–H and O–H groups in total. The van der Waals surface area contributed by atoms with Crippen LogP contribution in [0.2, 0.25) is 0 Å². The van der Waals surface area contributed by atoms with Gasteiger partial charge in [0.2, 0.25) is 0 Å². The van der Waals surface area contributed by atoms with Gasteiger partial charge in [-0.1, -0.05) is 0 Å². The first-order valence-corrected chi connectivity index (χ1v) is 11.6. The molecule has 0 radical (unpaired) electrons. The predicted molar refractivity (Wildman–Crippen MR) is 120 cm³/mol. The molecular weight excluding hydrogens is 410 g/mol. The van der Waals surface area contributed by atoms with E-state index < -0.39 is 11.6 Å². The van der Waals surface area contributed by atoms with E-state index in [1.165, 1.54) is 41.1 Å². The average Bonchev–Trinajstić information content (AvgIpc) is 3.45. The number of benzene rings is 2. The zero-order valence-corrected chi connectivity index (χ0v) is 18.2. The molecule has 0 bridgehead atoms. The van der Waals surface area contributed by atoms with Gasteiger partial charge in [0.25, 0.3) is 5.91 Å². The lowest BCUT2D eigenvalue weighted by Gasteiger charge is -2.16. The summed E-state index contributed by atoms with van der Waals surface area (Å²) in [5.74, 6) is -1.28. The summed E-state index contributed by atoms with van der Waals surface area (Å²) in [6.07, 6.45) is 7.38. The Morgan fingerprint density at radius 1 is 0.938 bits per heavy atom. The van der Waals surface area contributed by atoms with Crippen LogP contribution in [0.15, 0.2) is 36.4 Å². The maximum Gasteiger partial charge on any atom is 0.253 e. The number of carbonyl (C=O) groups is 1. The minimum atomic E-state index is -0.896. The van der Waals surface area contributed by atoms with Crippen molar-refractivity contribution in [2.75, 3.05) is 19.7 Å². The summed E-state index contributed by atoms with van der Waals surface area (Å²) in [7, 11) is 0. The van der Waals surface area contributed by atoms with Gasteiger partial charge in [-0.3, -0.25) is 4.79 Å². The second-order valence-electron chi connectivity index (χ2n) is 8.79. The molecule has 1 aromatic heterocycles. The molecule has 2 aliphatic rings. The summed E-state index contributed by atoms with van der Waals surface area (Å²) in [5, 5.41) is 1.20. The van der Waals surface area contributed by atoms with Gasteiger partial charge in [-0.05, 0) is 80.8 Å². The van der Waals surface area contributed by atoms with Gasteiger partial charge in [0.05, 0.1) is 6.61 Å². The van der Waals surface area contributed by atoms with Gasteiger partial charge in [-0.25, -0.2) is 8.78 Å². The highest BCUT2D eigenvalue weighted by atomic mass is 19.2. The number of fused-ring (bicyclic) bond motifs is 3. The van der Waals surface area contributed by atoms with Crippen molar-refractivity contribution >= 4 is 16.8 Å². The van der Waals surface area contributed by atoms with E-state index in [1.807, 2.05) is 11.0 Å². The Labute approximate surface area is 186 Å². The van der Waals surface area contributed by atoms with Crippen LogP contribution in [0.5, 0.6) is 5.75 Å². The molecule has 168 valence electrons. The van der Waals surface area contributed by atoms with Gasteiger partial charge >= 0.3 is 0 Å². The van der Waals surface area contributed by atoms with Crippen LogP contribution in [-0.4, -0.2) is 35.1 Å². The smallest absolute Gasteiger partial charge is 0.253 e.